The van der Waals surface area contributed by atoms with Gasteiger partial charge in [-0.05, 0) is 30.7 Å². The molecule has 0 fully saturated rings. The lowest BCUT2D eigenvalue weighted by Crippen LogP contribution is -2.40. The van der Waals surface area contributed by atoms with Gasteiger partial charge in [-0.2, -0.15) is 0 Å². The van der Waals surface area contributed by atoms with Crippen LogP contribution in [0.3, 0.4) is 0 Å². The van der Waals surface area contributed by atoms with E-state index in [2.05, 4.69) is 4.99 Å². The molecular formula is C14H10Cl2N2O2S. The van der Waals surface area contributed by atoms with Gasteiger partial charge in [-0.3, -0.25) is 14.6 Å². The van der Waals surface area contributed by atoms with Gasteiger partial charge in [0.15, 0.2) is 4.80 Å². The third-order valence-electron chi connectivity index (χ3n) is 3.11. The molecule has 0 aliphatic carbocycles. The number of nitrogens with zero attached hydrogens (tertiary/aromatic N) is 2. The smallest absolute Gasteiger partial charge is 0.274 e. The van der Waals surface area contributed by atoms with Crippen LogP contribution in [-0.2, 0) is 0 Å². The summed E-state index contributed by atoms with van der Waals surface area (Å²) in [5.74, 6) is -0.212. The van der Waals surface area contributed by atoms with Crippen molar-refractivity contribution in [2.45, 2.75) is 19.4 Å². The van der Waals surface area contributed by atoms with Crippen LogP contribution in [0.1, 0.15) is 23.7 Å². The molecule has 21 heavy (non-hydrogen) atoms. The molecule has 0 radical (unpaired) electrons. The number of aromatic nitrogens is 1. The van der Waals surface area contributed by atoms with E-state index in [-0.39, 0.29) is 23.9 Å². The van der Waals surface area contributed by atoms with E-state index in [1.54, 1.807) is 24.3 Å². The van der Waals surface area contributed by atoms with Gasteiger partial charge in [0.05, 0.1) is 10.6 Å². The highest BCUT2D eigenvalue weighted by Crippen LogP contribution is 2.21. The van der Waals surface area contributed by atoms with E-state index in [9.17, 15) is 9.59 Å². The number of fused-ring (bicyclic) bond motifs is 1. The maximum Gasteiger partial charge on any atom is 0.277 e. The Hall–Kier alpha value is -1.43. The molecule has 1 atom stereocenters. The van der Waals surface area contributed by atoms with Gasteiger partial charge in [-0.25, -0.2) is 4.57 Å². The Labute approximate surface area is 134 Å². The first-order valence-electron chi connectivity index (χ1n) is 6.25. The number of carbonyl (C=O) groups excluding carboxylic acids is 1. The summed E-state index contributed by atoms with van der Waals surface area (Å²) in [6.07, 6.45) is 1.91. The van der Waals surface area contributed by atoms with Crippen molar-refractivity contribution in [2.75, 3.05) is 0 Å². The van der Waals surface area contributed by atoms with E-state index in [0.29, 0.717) is 24.9 Å². The molecule has 0 amide bonds. The van der Waals surface area contributed by atoms with Crippen molar-refractivity contribution in [1.29, 1.82) is 0 Å². The molecule has 7 heteroatoms. The maximum absolute atomic E-state index is 12.3. The normalized spacial score (nSPS) is 18.5. The minimum absolute atomic E-state index is 0.0949. The molecular weight excluding hydrogens is 331 g/mol. The van der Waals surface area contributed by atoms with Crippen molar-refractivity contribution in [2.24, 2.45) is 4.99 Å². The Morgan fingerprint density at radius 2 is 2.14 bits per heavy atom. The Balaban J connectivity index is 2.24. The van der Waals surface area contributed by atoms with Crippen LogP contribution in [0.5, 0.6) is 0 Å². The fourth-order valence-electron chi connectivity index (χ4n) is 2.12. The molecule has 0 saturated heterocycles. The zero-order chi connectivity index (χ0) is 15.1. The molecule has 1 aliphatic heterocycles. The van der Waals surface area contributed by atoms with Crippen LogP contribution in [0.2, 0.25) is 10.0 Å². The summed E-state index contributed by atoms with van der Waals surface area (Å²) in [6, 6.07) is 4.94. The second kappa shape index (κ2) is 5.40. The number of thiazole rings is 1. The van der Waals surface area contributed by atoms with Crippen LogP contribution in [0.15, 0.2) is 28.0 Å². The monoisotopic (exact) mass is 340 g/mol. The van der Waals surface area contributed by atoms with Gasteiger partial charge in [-0.15, -0.1) is 0 Å². The van der Waals surface area contributed by atoms with Gasteiger partial charge in [0, 0.05) is 16.5 Å². The summed E-state index contributed by atoms with van der Waals surface area (Å²) in [5, 5.41) is 0.980. The maximum atomic E-state index is 12.3. The van der Waals surface area contributed by atoms with Crippen LogP contribution >= 0.6 is 34.5 Å². The first-order valence-corrected chi connectivity index (χ1v) is 7.82. The Morgan fingerprint density at radius 3 is 2.86 bits per heavy atom. The molecule has 0 spiro atoms. The summed E-state index contributed by atoms with van der Waals surface area (Å²) < 4.78 is 1.57. The minimum Gasteiger partial charge on any atom is -0.274 e. The highest BCUT2D eigenvalue weighted by molar-refractivity contribution is 7.07. The fraction of sp³-hybridized carbons (Fsp3) is 0.214. The van der Waals surface area contributed by atoms with Crippen LogP contribution < -0.4 is 14.9 Å². The highest BCUT2D eigenvalue weighted by atomic mass is 35.5. The molecule has 1 aromatic carbocycles. The molecule has 108 valence electrons. The molecule has 0 bridgehead atoms. The first kappa shape index (κ1) is 14.5. The summed E-state index contributed by atoms with van der Waals surface area (Å²) in [4.78, 5) is 29.0. The number of benzene rings is 1. The van der Waals surface area contributed by atoms with Gasteiger partial charge in [0.1, 0.15) is 0 Å². The molecule has 1 aliphatic rings. The zero-order valence-corrected chi connectivity index (χ0v) is 13.3. The van der Waals surface area contributed by atoms with E-state index < -0.39 is 0 Å². The number of halogens is 2. The molecule has 2 aromatic rings. The Bertz CT molecular complexity index is 914. The first-order chi connectivity index (χ1) is 9.95. The van der Waals surface area contributed by atoms with Crippen molar-refractivity contribution >= 4 is 46.5 Å². The van der Waals surface area contributed by atoms with Crippen LogP contribution in [0, 0.1) is 0 Å². The molecule has 0 N–H and O–H groups in total. The van der Waals surface area contributed by atoms with Gasteiger partial charge in [0.25, 0.3) is 5.56 Å². The molecule has 3 rings (SSSR count). The summed E-state index contributed by atoms with van der Waals surface area (Å²) >= 11 is 13.1. The van der Waals surface area contributed by atoms with E-state index in [0.717, 1.165) is 4.57 Å². The topological polar surface area (TPSA) is 51.4 Å². The second-order valence-corrected chi connectivity index (χ2v) is 6.63. The van der Waals surface area contributed by atoms with Crippen LogP contribution in [0.25, 0.3) is 6.08 Å². The van der Waals surface area contributed by atoms with Crippen molar-refractivity contribution in [1.82, 2.24) is 4.57 Å². The Morgan fingerprint density at radius 1 is 1.38 bits per heavy atom. The highest BCUT2D eigenvalue weighted by Gasteiger charge is 2.20. The molecule has 0 unspecified atom stereocenters. The lowest BCUT2D eigenvalue weighted by atomic mass is 10.2. The summed E-state index contributed by atoms with van der Waals surface area (Å²) in [7, 11) is 0. The number of hydrogen-bond donors (Lipinski definition) is 0. The lowest BCUT2D eigenvalue weighted by molar-refractivity contribution is 0.0877. The average molecular weight is 341 g/mol. The van der Waals surface area contributed by atoms with Gasteiger partial charge in [0.2, 0.25) is 5.91 Å². The fourth-order valence-corrected chi connectivity index (χ4v) is 3.65. The van der Waals surface area contributed by atoms with E-state index in [1.165, 1.54) is 11.3 Å². The van der Waals surface area contributed by atoms with Gasteiger partial charge < -0.3 is 0 Å². The second-order valence-electron chi connectivity index (χ2n) is 4.78. The SMILES string of the molecule is C[C@H]1CC(=O)n2c(s/c(=C/c3ccc(Cl)cc3Cl)c2=O)=N1. The molecule has 0 saturated carbocycles. The van der Waals surface area contributed by atoms with Crippen molar-refractivity contribution < 1.29 is 4.79 Å². The van der Waals surface area contributed by atoms with Gasteiger partial charge in [-0.1, -0.05) is 40.6 Å². The van der Waals surface area contributed by atoms with Crippen molar-refractivity contribution in [3.05, 3.63) is 53.5 Å². The number of rotatable bonds is 1. The van der Waals surface area contributed by atoms with Gasteiger partial charge >= 0.3 is 0 Å². The van der Waals surface area contributed by atoms with Crippen molar-refractivity contribution in [3.63, 3.8) is 0 Å². The minimum atomic E-state index is -0.346. The van der Waals surface area contributed by atoms with E-state index in [1.807, 2.05) is 6.92 Å². The van der Waals surface area contributed by atoms with Crippen molar-refractivity contribution in [3.8, 4) is 0 Å². The summed E-state index contributed by atoms with van der Waals surface area (Å²) in [5.41, 5.74) is 0.333. The van der Waals surface area contributed by atoms with E-state index >= 15 is 0 Å². The molecule has 4 nitrogen and oxygen atoms in total. The zero-order valence-electron chi connectivity index (χ0n) is 11.0. The lowest BCUT2D eigenvalue weighted by Gasteiger charge is -2.09. The summed E-state index contributed by atoms with van der Waals surface area (Å²) in [6.45, 7) is 1.85. The predicted octanol–water partition coefficient (Wildman–Crippen LogP) is 2.10. The molecule has 1 aromatic heterocycles. The standard InChI is InChI=1S/C14H10Cl2N2O2S/c1-7-4-12(19)18-13(20)11(21-14(18)17-7)5-8-2-3-9(15)6-10(8)16/h2-3,5-7H,4H2,1H3/b11-5+/t7-/m0/s1. The van der Waals surface area contributed by atoms with Crippen LogP contribution in [-0.4, -0.2) is 16.5 Å². The predicted molar refractivity (Wildman–Crippen MR) is 84.1 cm³/mol. The number of carbonyl (C=O) groups is 1. The van der Waals surface area contributed by atoms with E-state index in [4.69, 9.17) is 23.2 Å². The largest absolute Gasteiger partial charge is 0.277 e. The Kier molecular flexibility index (Phi) is 3.73. The third kappa shape index (κ3) is 2.69. The quantitative estimate of drug-likeness (QED) is 0.798. The number of hydrogen-bond acceptors (Lipinski definition) is 4. The van der Waals surface area contributed by atoms with Crippen LogP contribution in [0.4, 0.5) is 0 Å². The third-order valence-corrected chi connectivity index (χ3v) is 4.65. The molecule has 2 heterocycles. The average Bonchev–Trinajstić information content (AvgIpc) is 2.69.